The summed E-state index contributed by atoms with van der Waals surface area (Å²) in [6.45, 7) is 3.89. The summed E-state index contributed by atoms with van der Waals surface area (Å²) < 4.78 is 0. The van der Waals surface area contributed by atoms with Crippen molar-refractivity contribution in [3.05, 3.63) is 16.1 Å². The SMILES string of the molecule is Cc1csc(C2CCCN(C(=O)CC3CCCC3)C2)n1. The largest absolute Gasteiger partial charge is 0.342 e. The van der Waals surface area contributed by atoms with Gasteiger partial charge in [-0.05, 0) is 38.5 Å². The Kier molecular flexibility index (Phi) is 4.39. The van der Waals surface area contributed by atoms with Crippen LogP contribution in [-0.2, 0) is 4.79 Å². The molecule has 1 atom stereocenters. The molecule has 2 heterocycles. The van der Waals surface area contributed by atoms with E-state index >= 15 is 0 Å². The van der Waals surface area contributed by atoms with Crippen LogP contribution >= 0.6 is 11.3 Å². The summed E-state index contributed by atoms with van der Waals surface area (Å²) in [6, 6.07) is 0. The topological polar surface area (TPSA) is 33.2 Å². The monoisotopic (exact) mass is 292 g/mol. The van der Waals surface area contributed by atoms with Crippen LogP contribution in [0.3, 0.4) is 0 Å². The van der Waals surface area contributed by atoms with Crippen molar-refractivity contribution in [2.45, 2.75) is 57.8 Å². The average molecular weight is 292 g/mol. The van der Waals surface area contributed by atoms with Gasteiger partial charge < -0.3 is 4.90 Å². The standard InChI is InChI=1S/C16H24N2OS/c1-12-11-20-16(17-12)14-7-4-8-18(10-14)15(19)9-13-5-2-3-6-13/h11,13-14H,2-10H2,1H3. The van der Waals surface area contributed by atoms with Gasteiger partial charge in [0.05, 0.1) is 5.01 Å². The van der Waals surface area contributed by atoms with Gasteiger partial charge in [0, 0.05) is 36.5 Å². The fourth-order valence-electron chi connectivity index (χ4n) is 3.56. The van der Waals surface area contributed by atoms with Crippen molar-refractivity contribution in [1.82, 2.24) is 9.88 Å². The molecule has 0 aromatic carbocycles. The maximum atomic E-state index is 12.4. The van der Waals surface area contributed by atoms with E-state index in [1.807, 2.05) is 6.92 Å². The predicted molar refractivity (Wildman–Crippen MR) is 82.0 cm³/mol. The van der Waals surface area contributed by atoms with Gasteiger partial charge in [-0.3, -0.25) is 4.79 Å². The van der Waals surface area contributed by atoms with E-state index in [4.69, 9.17) is 0 Å². The Balaban J connectivity index is 1.58. The van der Waals surface area contributed by atoms with Crippen LogP contribution in [0.1, 0.15) is 61.6 Å². The molecule has 20 heavy (non-hydrogen) atoms. The van der Waals surface area contributed by atoms with Crippen molar-refractivity contribution in [2.24, 2.45) is 5.92 Å². The Morgan fingerprint density at radius 1 is 1.35 bits per heavy atom. The highest BCUT2D eigenvalue weighted by molar-refractivity contribution is 7.09. The van der Waals surface area contributed by atoms with Crippen molar-refractivity contribution in [3.8, 4) is 0 Å². The molecule has 0 spiro atoms. The van der Waals surface area contributed by atoms with E-state index in [0.717, 1.165) is 31.6 Å². The number of carbonyl (C=O) groups excluding carboxylic acids is 1. The fourth-order valence-corrected chi connectivity index (χ4v) is 4.48. The van der Waals surface area contributed by atoms with Gasteiger partial charge in [-0.25, -0.2) is 4.98 Å². The third kappa shape index (κ3) is 3.22. The van der Waals surface area contributed by atoms with Crippen molar-refractivity contribution < 1.29 is 4.79 Å². The Labute approximate surface area is 125 Å². The number of likely N-dealkylation sites (tertiary alicyclic amines) is 1. The number of carbonyl (C=O) groups is 1. The lowest BCUT2D eigenvalue weighted by Crippen LogP contribution is -2.39. The van der Waals surface area contributed by atoms with Crippen LogP contribution in [-0.4, -0.2) is 28.9 Å². The number of piperidine rings is 1. The van der Waals surface area contributed by atoms with E-state index in [2.05, 4.69) is 15.3 Å². The Morgan fingerprint density at radius 2 is 2.15 bits per heavy atom. The summed E-state index contributed by atoms with van der Waals surface area (Å²) in [5, 5.41) is 3.34. The van der Waals surface area contributed by atoms with Gasteiger partial charge in [0.25, 0.3) is 0 Å². The smallest absolute Gasteiger partial charge is 0.222 e. The highest BCUT2D eigenvalue weighted by atomic mass is 32.1. The Hall–Kier alpha value is -0.900. The van der Waals surface area contributed by atoms with E-state index < -0.39 is 0 Å². The van der Waals surface area contributed by atoms with Gasteiger partial charge in [-0.15, -0.1) is 11.3 Å². The number of hydrogen-bond donors (Lipinski definition) is 0. The Bertz CT molecular complexity index is 465. The van der Waals surface area contributed by atoms with E-state index in [9.17, 15) is 4.79 Å². The van der Waals surface area contributed by atoms with E-state index in [0.29, 0.717) is 17.7 Å². The second-order valence-electron chi connectivity index (χ2n) is 6.36. The lowest BCUT2D eigenvalue weighted by molar-refractivity contribution is -0.133. The van der Waals surface area contributed by atoms with Crippen molar-refractivity contribution >= 4 is 17.2 Å². The lowest BCUT2D eigenvalue weighted by atomic mass is 9.97. The Morgan fingerprint density at radius 3 is 2.85 bits per heavy atom. The number of rotatable bonds is 3. The first-order chi connectivity index (χ1) is 9.72. The second kappa shape index (κ2) is 6.25. The van der Waals surface area contributed by atoms with E-state index in [1.165, 1.54) is 37.1 Å². The van der Waals surface area contributed by atoms with Crippen molar-refractivity contribution in [1.29, 1.82) is 0 Å². The van der Waals surface area contributed by atoms with Gasteiger partial charge in [0.1, 0.15) is 0 Å². The molecule has 3 nitrogen and oxygen atoms in total. The number of nitrogens with zero attached hydrogens (tertiary/aromatic N) is 2. The molecule has 3 rings (SSSR count). The summed E-state index contributed by atoms with van der Waals surface area (Å²) in [6.07, 6.45) is 8.24. The number of amides is 1. The highest BCUT2D eigenvalue weighted by Crippen LogP contribution is 2.32. The first-order valence-corrected chi connectivity index (χ1v) is 8.80. The summed E-state index contributed by atoms with van der Waals surface area (Å²) in [5.41, 5.74) is 1.11. The minimum atomic E-state index is 0.384. The first-order valence-electron chi connectivity index (χ1n) is 7.92. The summed E-state index contributed by atoms with van der Waals surface area (Å²) in [4.78, 5) is 19.2. The molecule has 1 saturated carbocycles. The molecule has 0 bridgehead atoms. The van der Waals surface area contributed by atoms with E-state index in [-0.39, 0.29) is 0 Å². The van der Waals surface area contributed by atoms with Gasteiger partial charge >= 0.3 is 0 Å². The van der Waals surface area contributed by atoms with Gasteiger partial charge in [-0.2, -0.15) is 0 Å². The molecule has 1 aromatic rings. The van der Waals surface area contributed by atoms with Crippen LogP contribution < -0.4 is 0 Å². The zero-order chi connectivity index (χ0) is 13.9. The predicted octanol–water partition coefficient (Wildman–Crippen LogP) is 3.74. The molecule has 1 aromatic heterocycles. The molecule has 1 aliphatic carbocycles. The maximum Gasteiger partial charge on any atom is 0.222 e. The fraction of sp³-hybridized carbons (Fsp3) is 0.750. The minimum Gasteiger partial charge on any atom is -0.342 e. The molecule has 1 saturated heterocycles. The summed E-state index contributed by atoms with van der Waals surface area (Å²) >= 11 is 1.75. The third-order valence-electron chi connectivity index (χ3n) is 4.70. The number of hydrogen-bond acceptors (Lipinski definition) is 3. The normalized spacial score (nSPS) is 24.2. The summed E-state index contributed by atoms with van der Waals surface area (Å²) in [7, 11) is 0. The van der Waals surface area contributed by atoms with Crippen LogP contribution in [0.25, 0.3) is 0 Å². The molecular weight excluding hydrogens is 268 g/mol. The molecule has 110 valence electrons. The number of aryl methyl sites for hydroxylation is 1. The second-order valence-corrected chi connectivity index (χ2v) is 7.25. The maximum absolute atomic E-state index is 12.4. The molecular formula is C16H24N2OS. The van der Waals surface area contributed by atoms with Gasteiger partial charge in [-0.1, -0.05) is 12.8 Å². The van der Waals surface area contributed by atoms with Gasteiger partial charge in [0.15, 0.2) is 0 Å². The average Bonchev–Trinajstić information content (AvgIpc) is 3.10. The van der Waals surface area contributed by atoms with Crippen LogP contribution in [0.4, 0.5) is 0 Å². The molecule has 1 amide bonds. The third-order valence-corrected chi connectivity index (χ3v) is 5.82. The molecule has 1 aliphatic heterocycles. The molecule has 4 heteroatoms. The zero-order valence-corrected chi connectivity index (χ0v) is 13.1. The molecule has 0 N–H and O–H groups in total. The van der Waals surface area contributed by atoms with Crippen molar-refractivity contribution in [3.63, 3.8) is 0 Å². The molecule has 2 aliphatic rings. The van der Waals surface area contributed by atoms with Crippen LogP contribution in [0.5, 0.6) is 0 Å². The molecule has 1 unspecified atom stereocenters. The quantitative estimate of drug-likeness (QED) is 0.850. The van der Waals surface area contributed by atoms with E-state index in [1.54, 1.807) is 11.3 Å². The number of aromatic nitrogens is 1. The van der Waals surface area contributed by atoms with Gasteiger partial charge in [0.2, 0.25) is 5.91 Å². The van der Waals surface area contributed by atoms with Crippen LogP contribution in [0.15, 0.2) is 5.38 Å². The zero-order valence-electron chi connectivity index (χ0n) is 12.3. The van der Waals surface area contributed by atoms with Crippen LogP contribution in [0.2, 0.25) is 0 Å². The first kappa shape index (κ1) is 14.1. The highest BCUT2D eigenvalue weighted by Gasteiger charge is 2.28. The van der Waals surface area contributed by atoms with Crippen molar-refractivity contribution in [2.75, 3.05) is 13.1 Å². The van der Waals surface area contributed by atoms with Crippen LogP contribution in [0, 0.1) is 12.8 Å². The molecule has 0 radical (unpaired) electrons. The number of thiazole rings is 1. The lowest BCUT2D eigenvalue weighted by Gasteiger charge is -2.32. The minimum absolute atomic E-state index is 0.384. The summed E-state index contributed by atoms with van der Waals surface area (Å²) in [5.74, 6) is 1.51. The molecule has 2 fully saturated rings.